The predicted octanol–water partition coefficient (Wildman–Crippen LogP) is 0.509. The number of aromatic nitrogens is 2. The van der Waals surface area contributed by atoms with Crippen molar-refractivity contribution in [1.29, 1.82) is 0 Å². The Morgan fingerprint density at radius 2 is 2.25 bits per heavy atom. The summed E-state index contributed by atoms with van der Waals surface area (Å²) in [6.07, 6.45) is 1.12. The van der Waals surface area contributed by atoms with Gasteiger partial charge in [-0.1, -0.05) is 21.1 Å². The van der Waals surface area contributed by atoms with Gasteiger partial charge in [0.25, 0.3) is 0 Å². The maximum absolute atomic E-state index is 10.8. The van der Waals surface area contributed by atoms with Crippen LogP contribution in [-0.2, 0) is 20.9 Å². The fourth-order valence-electron chi connectivity index (χ4n) is 0.627. The molecule has 0 fully saturated rings. The van der Waals surface area contributed by atoms with E-state index in [1.165, 1.54) is 0 Å². The minimum atomic E-state index is -3.08. The molecule has 0 amide bonds. The Labute approximate surface area is 78.2 Å². The number of sulfone groups is 1. The highest BCUT2D eigenvalue weighted by atomic mass is 79.9. The first kappa shape index (κ1) is 9.66. The topological polar surface area (TPSA) is 73.1 Å². The molecule has 68 valence electrons. The zero-order valence-electron chi connectivity index (χ0n) is 6.32. The number of nitrogens with zero attached hydrogens (tertiary/aromatic N) is 2. The van der Waals surface area contributed by atoms with Gasteiger partial charge in [0.2, 0.25) is 5.89 Å². The van der Waals surface area contributed by atoms with Crippen LogP contribution in [0.15, 0.2) is 4.52 Å². The molecule has 0 N–H and O–H groups in total. The smallest absolute Gasteiger partial charge is 0.241 e. The molecule has 0 aliphatic heterocycles. The standard InChI is InChI=1S/C5H7BrN2O3S/c1-12(9,10)3-5-7-4(2-6)8-11-5/h2-3H2,1H3. The zero-order chi connectivity index (χ0) is 9.19. The summed E-state index contributed by atoms with van der Waals surface area (Å²) >= 11 is 3.12. The Bertz CT molecular complexity index is 359. The van der Waals surface area contributed by atoms with Gasteiger partial charge < -0.3 is 4.52 Å². The van der Waals surface area contributed by atoms with Crippen LogP contribution >= 0.6 is 15.9 Å². The predicted molar refractivity (Wildman–Crippen MR) is 45.5 cm³/mol. The quantitative estimate of drug-likeness (QED) is 0.735. The molecule has 1 aromatic rings. The molecule has 0 aliphatic carbocycles. The minimum absolute atomic E-state index is 0.131. The summed E-state index contributed by atoms with van der Waals surface area (Å²) in [6, 6.07) is 0. The van der Waals surface area contributed by atoms with E-state index in [4.69, 9.17) is 0 Å². The molecule has 5 nitrogen and oxygen atoms in total. The van der Waals surface area contributed by atoms with Gasteiger partial charge in [-0.2, -0.15) is 4.98 Å². The average Bonchev–Trinajstić information content (AvgIpc) is 2.32. The van der Waals surface area contributed by atoms with E-state index in [2.05, 4.69) is 30.6 Å². The van der Waals surface area contributed by atoms with E-state index in [-0.39, 0.29) is 11.6 Å². The first-order valence-corrected chi connectivity index (χ1v) is 6.24. The van der Waals surface area contributed by atoms with Crippen molar-refractivity contribution < 1.29 is 12.9 Å². The van der Waals surface area contributed by atoms with Crippen molar-refractivity contribution in [1.82, 2.24) is 10.1 Å². The van der Waals surface area contributed by atoms with E-state index in [0.717, 1.165) is 6.26 Å². The van der Waals surface area contributed by atoms with Gasteiger partial charge in [0.15, 0.2) is 15.7 Å². The van der Waals surface area contributed by atoms with Crippen molar-refractivity contribution >= 4 is 25.8 Å². The molecular weight excluding hydrogens is 248 g/mol. The van der Waals surface area contributed by atoms with Crippen LogP contribution < -0.4 is 0 Å². The number of hydrogen-bond donors (Lipinski definition) is 0. The lowest BCUT2D eigenvalue weighted by atomic mass is 10.7. The van der Waals surface area contributed by atoms with E-state index in [1.54, 1.807) is 0 Å². The molecule has 1 heterocycles. The van der Waals surface area contributed by atoms with Gasteiger partial charge in [0.1, 0.15) is 5.75 Å². The Hall–Kier alpha value is -0.430. The van der Waals surface area contributed by atoms with Gasteiger partial charge in [-0.25, -0.2) is 8.42 Å². The van der Waals surface area contributed by atoms with Crippen molar-refractivity contribution in [2.75, 3.05) is 6.26 Å². The van der Waals surface area contributed by atoms with Crippen molar-refractivity contribution in [2.45, 2.75) is 11.1 Å². The summed E-state index contributed by atoms with van der Waals surface area (Å²) < 4.78 is 26.2. The lowest BCUT2D eigenvalue weighted by Crippen LogP contribution is -2.00. The summed E-state index contributed by atoms with van der Waals surface area (Å²) in [6.45, 7) is 0. The Kier molecular flexibility index (Phi) is 2.84. The molecule has 0 saturated heterocycles. The van der Waals surface area contributed by atoms with E-state index < -0.39 is 9.84 Å². The van der Waals surface area contributed by atoms with E-state index in [1.807, 2.05) is 0 Å². The van der Waals surface area contributed by atoms with Crippen molar-refractivity contribution in [3.05, 3.63) is 11.7 Å². The third-order valence-electron chi connectivity index (χ3n) is 1.02. The van der Waals surface area contributed by atoms with E-state index >= 15 is 0 Å². The number of halogens is 1. The second-order valence-electron chi connectivity index (χ2n) is 2.31. The SMILES string of the molecule is CS(=O)(=O)Cc1nc(CBr)no1. The molecule has 0 aliphatic rings. The lowest BCUT2D eigenvalue weighted by Gasteiger charge is -1.88. The van der Waals surface area contributed by atoms with Gasteiger partial charge in [-0.15, -0.1) is 0 Å². The Balaban J connectivity index is 2.78. The van der Waals surface area contributed by atoms with Crippen LogP contribution in [0.2, 0.25) is 0 Å². The van der Waals surface area contributed by atoms with Crippen molar-refractivity contribution in [3.8, 4) is 0 Å². The fourth-order valence-corrected chi connectivity index (χ4v) is 1.42. The summed E-state index contributed by atoms with van der Waals surface area (Å²) in [5.74, 6) is 0.382. The van der Waals surface area contributed by atoms with Crippen LogP contribution in [0.5, 0.6) is 0 Å². The Morgan fingerprint density at radius 1 is 1.58 bits per heavy atom. The number of alkyl halides is 1. The van der Waals surface area contributed by atoms with Crippen LogP contribution in [0.25, 0.3) is 0 Å². The third kappa shape index (κ3) is 2.90. The molecule has 7 heteroatoms. The van der Waals surface area contributed by atoms with Gasteiger partial charge in [-0.3, -0.25) is 0 Å². The largest absolute Gasteiger partial charge is 0.338 e. The van der Waals surface area contributed by atoms with Crippen LogP contribution in [0, 0.1) is 0 Å². The molecule has 0 spiro atoms. The highest BCUT2D eigenvalue weighted by molar-refractivity contribution is 9.08. The molecule has 0 bridgehead atoms. The second kappa shape index (κ2) is 3.53. The van der Waals surface area contributed by atoms with Gasteiger partial charge in [0.05, 0.1) is 5.33 Å². The molecule has 0 radical (unpaired) electrons. The Morgan fingerprint density at radius 3 is 2.67 bits per heavy atom. The summed E-state index contributed by atoms with van der Waals surface area (Å²) in [5, 5.41) is 3.98. The first-order chi connectivity index (χ1) is 5.51. The second-order valence-corrected chi connectivity index (χ2v) is 5.01. The number of rotatable bonds is 3. The van der Waals surface area contributed by atoms with Crippen LogP contribution in [0.3, 0.4) is 0 Å². The van der Waals surface area contributed by atoms with Gasteiger partial charge >= 0.3 is 0 Å². The third-order valence-corrected chi connectivity index (χ3v) is 2.29. The molecule has 0 unspecified atom stereocenters. The van der Waals surface area contributed by atoms with Gasteiger partial charge in [0, 0.05) is 6.26 Å². The molecule has 1 aromatic heterocycles. The summed E-state index contributed by atoms with van der Waals surface area (Å²) in [4.78, 5) is 3.81. The van der Waals surface area contributed by atoms with Gasteiger partial charge in [-0.05, 0) is 0 Å². The molecule has 1 rings (SSSR count). The molecule has 0 aromatic carbocycles. The monoisotopic (exact) mass is 254 g/mol. The molecule has 0 atom stereocenters. The minimum Gasteiger partial charge on any atom is -0.338 e. The maximum atomic E-state index is 10.8. The summed E-state index contributed by atoms with van der Waals surface area (Å²) in [5.41, 5.74) is 0. The first-order valence-electron chi connectivity index (χ1n) is 3.06. The molecular formula is C5H7BrN2O3S. The van der Waals surface area contributed by atoms with Crippen LogP contribution in [-0.4, -0.2) is 24.8 Å². The van der Waals surface area contributed by atoms with Crippen LogP contribution in [0.1, 0.15) is 11.7 Å². The van der Waals surface area contributed by atoms with Crippen LogP contribution in [0.4, 0.5) is 0 Å². The highest BCUT2D eigenvalue weighted by Gasteiger charge is 2.11. The fraction of sp³-hybridized carbons (Fsp3) is 0.600. The maximum Gasteiger partial charge on any atom is 0.241 e. The number of hydrogen-bond acceptors (Lipinski definition) is 5. The average molecular weight is 255 g/mol. The summed E-state index contributed by atoms with van der Waals surface area (Å²) in [7, 11) is -3.08. The molecule has 12 heavy (non-hydrogen) atoms. The van der Waals surface area contributed by atoms with E-state index in [0.29, 0.717) is 11.2 Å². The highest BCUT2D eigenvalue weighted by Crippen LogP contribution is 2.04. The zero-order valence-corrected chi connectivity index (χ0v) is 8.72. The normalized spacial score (nSPS) is 11.8. The van der Waals surface area contributed by atoms with E-state index in [9.17, 15) is 8.42 Å². The molecule has 0 saturated carbocycles. The lowest BCUT2D eigenvalue weighted by molar-refractivity contribution is 0.384. The van der Waals surface area contributed by atoms with Crippen molar-refractivity contribution in [3.63, 3.8) is 0 Å². The van der Waals surface area contributed by atoms with Crippen molar-refractivity contribution in [2.24, 2.45) is 0 Å².